The van der Waals surface area contributed by atoms with E-state index in [1.54, 1.807) is 0 Å². The second-order valence-electron chi connectivity index (χ2n) is 8.28. The maximum atomic E-state index is 6.42. The van der Waals surface area contributed by atoms with E-state index >= 15 is 0 Å². The number of hydrogen-bond donors (Lipinski definition) is 0. The minimum atomic E-state index is 0.0781. The zero-order chi connectivity index (χ0) is 20.6. The van der Waals surface area contributed by atoms with Crippen LogP contribution in [0.1, 0.15) is 29.8 Å². The molecule has 0 amide bonds. The lowest BCUT2D eigenvalue weighted by Crippen LogP contribution is -2.43. The molecule has 0 N–H and O–H groups in total. The van der Waals surface area contributed by atoms with Crippen molar-refractivity contribution in [2.45, 2.75) is 24.8 Å². The minimum absolute atomic E-state index is 0.0781. The van der Waals surface area contributed by atoms with Gasteiger partial charge in [0.1, 0.15) is 5.82 Å². The predicted molar refractivity (Wildman–Crippen MR) is 124 cm³/mol. The number of nitrogens with zero attached hydrogens (tertiary/aromatic N) is 3. The molecule has 1 aliphatic rings. The van der Waals surface area contributed by atoms with Gasteiger partial charge in [-0.05, 0) is 49.2 Å². The lowest BCUT2D eigenvalue weighted by molar-refractivity contribution is 0.168. The van der Waals surface area contributed by atoms with Gasteiger partial charge in [0.15, 0.2) is 0 Å². The molecule has 3 aromatic carbocycles. The molecule has 4 aromatic rings. The number of aromatic nitrogens is 2. The Hall–Kier alpha value is -2.62. The molecule has 0 atom stereocenters. The largest absolute Gasteiger partial charge is 0.329 e. The van der Waals surface area contributed by atoms with Crippen molar-refractivity contribution in [3.8, 4) is 0 Å². The summed E-state index contributed by atoms with van der Waals surface area (Å²) in [6.07, 6.45) is 2.21. The SMILES string of the molecule is Cn1c(CN2CCC(c3ccccc3)(c3ccccc3)CC2)nc2cccc(Cl)c21. The zero-order valence-corrected chi connectivity index (χ0v) is 18.0. The molecule has 1 fully saturated rings. The van der Waals surface area contributed by atoms with Crippen LogP contribution in [-0.4, -0.2) is 27.5 Å². The molecule has 0 saturated carbocycles. The standard InChI is InChI=1S/C26H26ClN3/c1-29-24(28-23-14-8-13-22(27)25(23)29)19-30-17-15-26(16-18-30,20-9-4-2-5-10-20)21-11-6-3-7-12-21/h2-14H,15-19H2,1H3. The Morgan fingerprint density at radius 1 is 0.833 bits per heavy atom. The molecule has 0 bridgehead atoms. The normalized spacial score (nSPS) is 16.7. The topological polar surface area (TPSA) is 21.1 Å². The summed E-state index contributed by atoms with van der Waals surface area (Å²) in [5.41, 5.74) is 4.92. The molecule has 0 radical (unpaired) electrons. The summed E-state index contributed by atoms with van der Waals surface area (Å²) < 4.78 is 2.15. The molecule has 1 aliphatic heterocycles. The molecule has 5 rings (SSSR count). The fourth-order valence-corrected chi connectivity index (χ4v) is 5.26. The van der Waals surface area contributed by atoms with Crippen LogP contribution in [0, 0.1) is 0 Å². The number of likely N-dealkylation sites (tertiary alicyclic amines) is 1. The van der Waals surface area contributed by atoms with Crippen molar-refractivity contribution in [2.75, 3.05) is 13.1 Å². The van der Waals surface area contributed by atoms with Gasteiger partial charge in [0, 0.05) is 12.5 Å². The summed E-state index contributed by atoms with van der Waals surface area (Å²) in [6, 6.07) is 28.0. The van der Waals surface area contributed by atoms with Crippen LogP contribution in [0.4, 0.5) is 0 Å². The van der Waals surface area contributed by atoms with Gasteiger partial charge in [-0.1, -0.05) is 78.3 Å². The minimum Gasteiger partial charge on any atom is -0.329 e. The number of halogens is 1. The summed E-state index contributed by atoms with van der Waals surface area (Å²) >= 11 is 6.42. The number of aryl methyl sites for hydroxylation is 1. The van der Waals surface area contributed by atoms with E-state index in [-0.39, 0.29) is 5.41 Å². The van der Waals surface area contributed by atoms with E-state index in [0.717, 1.165) is 54.4 Å². The van der Waals surface area contributed by atoms with Gasteiger partial charge in [-0.15, -0.1) is 0 Å². The van der Waals surface area contributed by atoms with Crippen LogP contribution in [0.5, 0.6) is 0 Å². The van der Waals surface area contributed by atoms with E-state index in [0.29, 0.717) is 0 Å². The average molecular weight is 416 g/mol. The smallest absolute Gasteiger partial charge is 0.123 e. The van der Waals surface area contributed by atoms with E-state index in [1.165, 1.54) is 11.1 Å². The van der Waals surface area contributed by atoms with Crippen molar-refractivity contribution >= 4 is 22.6 Å². The van der Waals surface area contributed by atoms with Crippen LogP contribution < -0.4 is 0 Å². The Labute approximate surface area is 182 Å². The van der Waals surface area contributed by atoms with Gasteiger partial charge in [0.25, 0.3) is 0 Å². The lowest BCUT2D eigenvalue weighted by atomic mass is 9.68. The third-order valence-corrected chi connectivity index (χ3v) is 6.97. The maximum Gasteiger partial charge on any atom is 0.123 e. The molecular weight excluding hydrogens is 390 g/mol. The number of hydrogen-bond acceptors (Lipinski definition) is 2. The Bertz CT molecular complexity index is 1100. The summed E-state index contributed by atoms with van der Waals surface area (Å²) in [5, 5.41) is 0.763. The summed E-state index contributed by atoms with van der Waals surface area (Å²) in [6.45, 7) is 2.93. The molecule has 152 valence electrons. The van der Waals surface area contributed by atoms with Crippen LogP contribution in [0.25, 0.3) is 11.0 Å². The summed E-state index contributed by atoms with van der Waals surface area (Å²) in [7, 11) is 2.07. The van der Waals surface area contributed by atoms with E-state index in [1.807, 2.05) is 18.2 Å². The van der Waals surface area contributed by atoms with Crippen molar-refractivity contribution in [3.63, 3.8) is 0 Å². The van der Waals surface area contributed by atoms with Crippen molar-refractivity contribution in [2.24, 2.45) is 7.05 Å². The fraction of sp³-hybridized carbons (Fsp3) is 0.269. The fourth-order valence-electron chi connectivity index (χ4n) is 4.96. The number of piperidine rings is 1. The molecule has 3 nitrogen and oxygen atoms in total. The highest BCUT2D eigenvalue weighted by atomic mass is 35.5. The molecule has 0 unspecified atom stereocenters. The first-order chi connectivity index (χ1) is 14.7. The average Bonchev–Trinajstić information content (AvgIpc) is 3.12. The highest BCUT2D eigenvalue weighted by Gasteiger charge is 2.37. The molecule has 1 aromatic heterocycles. The Balaban J connectivity index is 1.41. The first-order valence-electron chi connectivity index (χ1n) is 10.6. The molecule has 0 spiro atoms. The van der Waals surface area contributed by atoms with Crippen LogP contribution in [-0.2, 0) is 19.0 Å². The quantitative estimate of drug-likeness (QED) is 0.419. The Kier molecular flexibility index (Phi) is 5.10. The van der Waals surface area contributed by atoms with E-state index < -0.39 is 0 Å². The van der Waals surface area contributed by atoms with Crippen molar-refractivity contribution < 1.29 is 0 Å². The second kappa shape index (κ2) is 7.90. The first kappa shape index (κ1) is 19.3. The molecule has 2 heterocycles. The van der Waals surface area contributed by atoms with Crippen molar-refractivity contribution in [1.29, 1.82) is 0 Å². The molecule has 30 heavy (non-hydrogen) atoms. The van der Waals surface area contributed by atoms with Gasteiger partial charge in [0.2, 0.25) is 0 Å². The van der Waals surface area contributed by atoms with Gasteiger partial charge in [-0.2, -0.15) is 0 Å². The van der Waals surface area contributed by atoms with Crippen LogP contribution in [0.3, 0.4) is 0 Å². The molecule has 1 saturated heterocycles. The molecule has 0 aliphatic carbocycles. The number of rotatable bonds is 4. The third-order valence-electron chi connectivity index (χ3n) is 6.66. The highest BCUT2D eigenvalue weighted by molar-refractivity contribution is 6.35. The summed E-state index contributed by atoms with van der Waals surface area (Å²) in [4.78, 5) is 7.38. The Morgan fingerprint density at radius 2 is 1.43 bits per heavy atom. The monoisotopic (exact) mass is 415 g/mol. The molecular formula is C26H26ClN3. The van der Waals surface area contributed by atoms with E-state index in [2.05, 4.69) is 77.2 Å². The number of benzene rings is 3. The highest BCUT2D eigenvalue weighted by Crippen LogP contribution is 2.42. The third kappa shape index (κ3) is 3.32. The zero-order valence-electron chi connectivity index (χ0n) is 17.3. The van der Waals surface area contributed by atoms with E-state index in [9.17, 15) is 0 Å². The van der Waals surface area contributed by atoms with E-state index in [4.69, 9.17) is 16.6 Å². The van der Waals surface area contributed by atoms with Crippen LogP contribution in [0.15, 0.2) is 78.9 Å². The van der Waals surface area contributed by atoms with Crippen LogP contribution in [0.2, 0.25) is 5.02 Å². The van der Waals surface area contributed by atoms with Crippen molar-refractivity contribution in [3.05, 3.63) is 101 Å². The number of para-hydroxylation sites is 1. The second-order valence-corrected chi connectivity index (χ2v) is 8.69. The summed E-state index contributed by atoms with van der Waals surface area (Å²) in [5.74, 6) is 1.07. The van der Waals surface area contributed by atoms with Gasteiger partial charge in [-0.25, -0.2) is 4.98 Å². The number of fused-ring (bicyclic) bond motifs is 1. The van der Waals surface area contributed by atoms with Gasteiger partial charge in [0.05, 0.1) is 22.6 Å². The molecule has 4 heteroatoms. The Morgan fingerprint density at radius 3 is 2.00 bits per heavy atom. The van der Waals surface area contributed by atoms with Crippen LogP contribution >= 0.6 is 11.6 Å². The predicted octanol–water partition coefficient (Wildman–Crippen LogP) is 5.81. The first-order valence-corrected chi connectivity index (χ1v) is 11.0. The maximum absolute atomic E-state index is 6.42. The van der Waals surface area contributed by atoms with Gasteiger partial charge >= 0.3 is 0 Å². The number of imidazole rings is 1. The van der Waals surface area contributed by atoms with Gasteiger partial charge in [-0.3, -0.25) is 4.90 Å². The lowest BCUT2D eigenvalue weighted by Gasteiger charge is -2.42. The van der Waals surface area contributed by atoms with Crippen molar-refractivity contribution in [1.82, 2.24) is 14.5 Å². The van der Waals surface area contributed by atoms with Gasteiger partial charge < -0.3 is 4.57 Å².